The highest BCUT2D eigenvalue weighted by Crippen LogP contribution is 2.42. The molecule has 5 aromatic heterocycles. The van der Waals surface area contributed by atoms with E-state index in [9.17, 15) is 0 Å². The summed E-state index contributed by atoms with van der Waals surface area (Å²) in [5, 5.41) is 9.70. The zero-order valence-electron chi connectivity index (χ0n) is 47.6. The molecule has 88 heavy (non-hydrogen) atoms. The monoisotopic (exact) mass is 1120 g/mol. The number of rotatable bonds is 9. The van der Waals surface area contributed by atoms with Gasteiger partial charge in [0.25, 0.3) is 0 Å². The van der Waals surface area contributed by atoms with Crippen molar-refractivity contribution in [3.05, 3.63) is 309 Å². The van der Waals surface area contributed by atoms with E-state index in [1.165, 1.54) is 65.3 Å². The number of hydrogen-bond donors (Lipinski definition) is 0. The number of fused-ring (bicyclic) bond motifs is 12. The van der Waals surface area contributed by atoms with E-state index in [1.807, 2.05) is 18.2 Å². The van der Waals surface area contributed by atoms with Crippen LogP contribution in [0.3, 0.4) is 0 Å². The third kappa shape index (κ3) is 7.81. The second-order valence-corrected chi connectivity index (χ2v) is 22.7. The van der Waals surface area contributed by atoms with Gasteiger partial charge in [-0.15, -0.1) is 0 Å². The predicted molar refractivity (Wildman–Crippen MR) is 364 cm³/mol. The standard InChI is InChI=1S/C81H51N7/c1-3-20-53(21-4-1)79-82-80(56-22-19-25-60(48-56)87-70-32-13-7-26-62(70)63-27-8-14-33-71(63)87)84-81(83-79)57-40-45-61(78(51-57)88-74-36-17-9-28-64(74)65-29-10-18-37-75(65)88)52-38-43-59(44-39-52)86-73-35-16-12-31-67(73)69-50-55(42-47-77(69)86)54-41-46-76-68(49-54)66-30-11-15-34-72(66)85(76)58-23-5-2-6-24-58/h1-51H. The largest absolute Gasteiger partial charge is 0.309 e. The Morgan fingerprint density at radius 3 is 1.00 bits per heavy atom. The lowest BCUT2D eigenvalue weighted by Gasteiger charge is -2.17. The molecule has 0 spiro atoms. The quantitative estimate of drug-likeness (QED) is 0.145. The first-order chi connectivity index (χ1) is 43.6. The molecule has 5 heterocycles. The average Bonchev–Trinajstić information content (AvgIpc) is 3.89. The van der Waals surface area contributed by atoms with Crippen molar-refractivity contribution in [3.8, 4) is 79.2 Å². The molecule has 410 valence electrons. The molecule has 0 bridgehead atoms. The molecule has 0 unspecified atom stereocenters. The number of nitrogens with zero attached hydrogens (tertiary/aromatic N) is 7. The summed E-state index contributed by atoms with van der Waals surface area (Å²) >= 11 is 0. The van der Waals surface area contributed by atoms with Crippen LogP contribution in [-0.4, -0.2) is 33.2 Å². The highest BCUT2D eigenvalue weighted by Gasteiger charge is 2.22. The molecule has 18 rings (SSSR count). The van der Waals surface area contributed by atoms with Crippen molar-refractivity contribution in [1.29, 1.82) is 0 Å². The maximum absolute atomic E-state index is 5.40. The molecule has 13 aromatic carbocycles. The summed E-state index contributed by atoms with van der Waals surface area (Å²) in [4.78, 5) is 15.9. The van der Waals surface area contributed by atoms with E-state index in [-0.39, 0.29) is 0 Å². The van der Waals surface area contributed by atoms with Crippen LogP contribution in [0.25, 0.3) is 166 Å². The molecular weight excluding hydrogens is 1070 g/mol. The molecule has 0 radical (unpaired) electrons. The Balaban J connectivity index is 0.769. The molecule has 0 aliphatic carbocycles. The summed E-state index contributed by atoms with van der Waals surface area (Å²) in [6, 6.07) is 111. The molecule has 7 heteroatoms. The van der Waals surface area contributed by atoms with Crippen molar-refractivity contribution in [3.63, 3.8) is 0 Å². The maximum atomic E-state index is 5.40. The van der Waals surface area contributed by atoms with E-state index in [0.29, 0.717) is 17.5 Å². The van der Waals surface area contributed by atoms with Gasteiger partial charge >= 0.3 is 0 Å². The van der Waals surface area contributed by atoms with Gasteiger partial charge in [0.1, 0.15) is 0 Å². The van der Waals surface area contributed by atoms with Crippen LogP contribution in [0.4, 0.5) is 0 Å². The second-order valence-electron chi connectivity index (χ2n) is 22.7. The molecule has 0 aliphatic heterocycles. The van der Waals surface area contributed by atoms with Crippen LogP contribution >= 0.6 is 0 Å². The molecule has 0 saturated heterocycles. The van der Waals surface area contributed by atoms with Crippen LogP contribution in [0.1, 0.15) is 0 Å². The van der Waals surface area contributed by atoms with E-state index < -0.39 is 0 Å². The average molecular weight is 1120 g/mol. The fraction of sp³-hybridized carbons (Fsp3) is 0. The molecule has 0 amide bonds. The van der Waals surface area contributed by atoms with Crippen LogP contribution in [0.2, 0.25) is 0 Å². The van der Waals surface area contributed by atoms with E-state index in [0.717, 1.165) is 83.7 Å². The lowest BCUT2D eigenvalue weighted by atomic mass is 10.00. The Hall–Kier alpha value is -11.9. The van der Waals surface area contributed by atoms with Crippen LogP contribution in [-0.2, 0) is 0 Å². The normalized spacial score (nSPS) is 11.9. The van der Waals surface area contributed by atoms with Gasteiger partial charge < -0.3 is 18.3 Å². The minimum Gasteiger partial charge on any atom is -0.309 e. The van der Waals surface area contributed by atoms with Gasteiger partial charge in [0.15, 0.2) is 17.5 Å². The summed E-state index contributed by atoms with van der Waals surface area (Å²) in [5.74, 6) is 1.78. The minimum atomic E-state index is 0.584. The van der Waals surface area contributed by atoms with Gasteiger partial charge in [-0.05, 0) is 120 Å². The maximum Gasteiger partial charge on any atom is 0.164 e. The molecular formula is C81H51N7. The highest BCUT2D eigenvalue weighted by molar-refractivity contribution is 6.14. The minimum absolute atomic E-state index is 0.584. The first-order valence-electron chi connectivity index (χ1n) is 29.9. The van der Waals surface area contributed by atoms with E-state index in [2.05, 4.69) is 309 Å². The van der Waals surface area contributed by atoms with Gasteiger partial charge in [-0.1, -0.05) is 206 Å². The molecule has 0 saturated carbocycles. The fourth-order valence-corrected chi connectivity index (χ4v) is 13.8. The van der Waals surface area contributed by atoms with E-state index in [4.69, 9.17) is 15.0 Å². The SMILES string of the molecule is c1ccc(-c2nc(-c3cccc(-n4c5ccccc5c5ccccc54)c3)nc(-c3ccc(-c4ccc(-n5c6ccccc6c6cc(-c7ccc8c(c7)c7ccccc7n8-c7ccccc7)ccc65)cc4)c(-n4c5ccccc5c5ccccc54)c3)n2)cc1. The third-order valence-corrected chi connectivity index (χ3v) is 17.8. The van der Waals surface area contributed by atoms with Gasteiger partial charge in [-0.25, -0.2) is 15.0 Å². The van der Waals surface area contributed by atoms with Crippen molar-refractivity contribution in [2.24, 2.45) is 0 Å². The van der Waals surface area contributed by atoms with Crippen LogP contribution < -0.4 is 0 Å². The van der Waals surface area contributed by atoms with Gasteiger partial charge in [0, 0.05) is 82.4 Å². The van der Waals surface area contributed by atoms with Crippen molar-refractivity contribution < 1.29 is 0 Å². The Labute approximate surface area is 506 Å². The predicted octanol–water partition coefficient (Wildman–Crippen LogP) is 20.6. The second kappa shape index (κ2) is 19.8. The highest BCUT2D eigenvalue weighted by atomic mass is 15.0. The van der Waals surface area contributed by atoms with Crippen LogP contribution in [0.15, 0.2) is 309 Å². The van der Waals surface area contributed by atoms with Gasteiger partial charge in [0.05, 0.1) is 49.8 Å². The fourth-order valence-electron chi connectivity index (χ4n) is 13.8. The van der Waals surface area contributed by atoms with Crippen molar-refractivity contribution in [2.75, 3.05) is 0 Å². The molecule has 0 aliphatic rings. The Morgan fingerprint density at radius 2 is 0.511 bits per heavy atom. The van der Waals surface area contributed by atoms with E-state index >= 15 is 0 Å². The Kier molecular flexibility index (Phi) is 11.2. The topological polar surface area (TPSA) is 58.4 Å². The van der Waals surface area contributed by atoms with E-state index in [1.54, 1.807) is 0 Å². The lowest BCUT2D eigenvalue weighted by Crippen LogP contribution is -2.03. The molecule has 0 N–H and O–H groups in total. The Morgan fingerprint density at radius 1 is 0.182 bits per heavy atom. The van der Waals surface area contributed by atoms with Crippen molar-refractivity contribution in [2.45, 2.75) is 0 Å². The van der Waals surface area contributed by atoms with Crippen LogP contribution in [0, 0.1) is 0 Å². The number of hydrogen-bond acceptors (Lipinski definition) is 3. The zero-order chi connectivity index (χ0) is 57.8. The summed E-state index contributed by atoms with van der Waals surface area (Å²) in [6.07, 6.45) is 0. The van der Waals surface area contributed by atoms with Gasteiger partial charge in [0.2, 0.25) is 0 Å². The molecule has 0 fully saturated rings. The Bertz CT molecular complexity index is 5700. The third-order valence-electron chi connectivity index (χ3n) is 17.8. The summed E-state index contributed by atoms with van der Waals surface area (Å²) in [5.41, 5.74) is 20.7. The number of aromatic nitrogens is 7. The zero-order valence-corrected chi connectivity index (χ0v) is 47.6. The number of para-hydroxylation sites is 7. The summed E-state index contributed by atoms with van der Waals surface area (Å²) in [6.45, 7) is 0. The van der Waals surface area contributed by atoms with Gasteiger partial charge in [-0.2, -0.15) is 0 Å². The number of benzene rings is 13. The van der Waals surface area contributed by atoms with Gasteiger partial charge in [-0.3, -0.25) is 0 Å². The first kappa shape index (κ1) is 49.5. The van der Waals surface area contributed by atoms with Crippen LogP contribution in [0.5, 0.6) is 0 Å². The van der Waals surface area contributed by atoms with Crippen molar-refractivity contribution >= 4 is 87.2 Å². The first-order valence-corrected chi connectivity index (χ1v) is 29.9. The smallest absolute Gasteiger partial charge is 0.164 e. The summed E-state index contributed by atoms with van der Waals surface area (Å²) < 4.78 is 9.54. The summed E-state index contributed by atoms with van der Waals surface area (Å²) in [7, 11) is 0. The molecule has 7 nitrogen and oxygen atoms in total. The lowest BCUT2D eigenvalue weighted by molar-refractivity contribution is 1.07. The van der Waals surface area contributed by atoms with Crippen molar-refractivity contribution in [1.82, 2.24) is 33.2 Å². The molecule has 18 aromatic rings. The molecule has 0 atom stereocenters.